The summed E-state index contributed by atoms with van der Waals surface area (Å²) in [4.78, 5) is 25.2. The molecule has 0 saturated heterocycles. The van der Waals surface area contributed by atoms with Crippen LogP contribution in [0.3, 0.4) is 0 Å². The molecule has 0 radical (unpaired) electrons. The van der Waals surface area contributed by atoms with Crippen molar-refractivity contribution in [2.75, 3.05) is 0 Å². The van der Waals surface area contributed by atoms with Gasteiger partial charge in [-0.3, -0.25) is 9.59 Å². The Hall–Kier alpha value is -3.31. The number of ketones is 1. The van der Waals surface area contributed by atoms with E-state index >= 15 is 0 Å². The van der Waals surface area contributed by atoms with Crippen LogP contribution in [-0.2, 0) is 0 Å². The highest BCUT2D eigenvalue weighted by Gasteiger charge is 2.30. The summed E-state index contributed by atoms with van der Waals surface area (Å²) >= 11 is 1.38. The Morgan fingerprint density at radius 1 is 0.846 bits per heavy atom. The first-order chi connectivity index (χ1) is 12.7. The Labute approximate surface area is 153 Å². The molecule has 2 N–H and O–H groups in total. The molecule has 1 amide bonds. The van der Waals surface area contributed by atoms with Crippen molar-refractivity contribution < 1.29 is 9.59 Å². The minimum absolute atomic E-state index is 0.0480. The molecule has 5 rings (SSSR count). The maximum absolute atomic E-state index is 13.3. The predicted molar refractivity (Wildman–Crippen MR) is 102 cm³/mol. The number of primary amides is 1. The first-order valence-corrected chi connectivity index (χ1v) is 8.90. The number of carbonyl (C=O) groups excluding carboxylic acids is 2. The van der Waals surface area contributed by atoms with Crippen molar-refractivity contribution in [1.29, 1.82) is 0 Å². The van der Waals surface area contributed by atoms with Crippen molar-refractivity contribution in [3.05, 3.63) is 77.4 Å². The van der Waals surface area contributed by atoms with Gasteiger partial charge in [0.1, 0.15) is 0 Å². The summed E-state index contributed by atoms with van der Waals surface area (Å²) in [6.07, 6.45) is 0. The highest BCUT2D eigenvalue weighted by Crippen LogP contribution is 2.44. The highest BCUT2D eigenvalue weighted by molar-refractivity contribution is 7.13. The van der Waals surface area contributed by atoms with Gasteiger partial charge in [-0.25, -0.2) is 0 Å². The quantitative estimate of drug-likeness (QED) is 0.513. The first kappa shape index (κ1) is 15.0. The van der Waals surface area contributed by atoms with Gasteiger partial charge in [0.25, 0.3) is 0 Å². The molecule has 1 aromatic heterocycles. The van der Waals surface area contributed by atoms with Crippen LogP contribution in [0.5, 0.6) is 0 Å². The second kappa shape index (κ2) is 5.34. The molecule has 3 aromatic carbocycles. The number of fused-ring (bicyclic) bond motifs is 2. The summed E-state index contributed by atoms with van der Waals surface area (Å²) in [7, 11) is 0. The Balaban J connectivity index is 1.92. The first-order valence-electron chi connectivity index (χ1n) is 8.12. The molecule has 1 aliphatic rings. The third-order valence-corrected chi connectivity index (χ3v) is 5.59. The van der Waals surface area contributed by atoms with Gasteiger partial charge in [-0.2, -0.15) is 4.37 Å². The second-order valence-corrected chi connectivity index (χ2v) is 6.98. The maximum atomic E-state index is 13.3. The van der Waals surface area contributed by atoms with E-state index in [0.717, 1.165) is 21.3 Å². The van der Waals surface area contributed by atoms with E-state index < -0.39 is 5.91 Å². The number of aromatic nitrogens is 1. The Morgan fingerprint density at radius 2 is 1.54 bits per heavy atom. The van der Waals surface area contributed by atoms with Gasteiger partial charge in [0.05, 0.1) is 10.4 Å². The van der Waals surface area contributed by atoms with E-state index in [1.165, 1.54) is 11.5 Å². The molecule has 5 heteroatoms. The second-order valence-electron chi connectivity index (χ2n) is 6.18. The number of hydrogen-bond acceptors (Lipinski definition) is 4. The van der Waals surface area contributed by atoms with E-state index in [4.69, 9.17) is 5.73 Å². The van der Waals surface area contributed by atoms with E-state index in [2.05, 4.69) is 4.37 Å². The molecule has 26 heavy (non-hydrogen) atoms. The Kier molecular flexibility index (Phi) is 3.08. The average Bonchev–Trinajstić information content (AvgIpc) is 3.10. The van der Waals surface area contributed by atoms with Gasteiger partial charge < -0.3 is 5.73 Å². The molecule has 4 aromatic rings. The van der Waals surface area contributed by atoms with Gasteiger partial charge in [-0.05, 0) is 34.8 Å². The molecule has 1 aliphatic carbocycles. The summed E-state index contributed by atoms with van der Waals surface area (Å²) in [5.74, 6) is -0.562. The van der Waals surface area contributed by atoms with E-state index in [1.807, 2.05) is 48.5 Å². The van der Waals surface area contributed by atoms with E-state index in [9.17, 15) is 9.59 Å². The van der Waals surface area contributed by atoms with Crippen LogP contribution in [0.15, 0.2) is 60.7 Å². The number of benzene rings is 3. The molecule has 4 nitrogen and oxygen atoms in total. The number of amides is 1. The Bertz CT molecular complexity index is 1240. The predicted octanol–water partition coefficient (Wildman–Crippen LogP) is 4.27. The van der Waals surface area contributed by atoms with Crippen molar-refractivity contribution in [2.45, 2.75) is 0 Å². The molecule has 0 saturated carbocycles. The zero-order valence-electron chi connectivity index (χ0n) is 13.5. The fraction of sp³-hybridized carbons (Fsp3) is 0. The average molecular weight is 356 g/mol. The molecule has 0 unspecified atom stereocenters. The van der Waals surface area contributed by atoms with Gasteiger partial charge >= 0.3 is 0 Å². The minimum Gasteiger partial charge on any atom is -0.366 e. The molecule has 0 aliphatic heterocycles. The molecule has 0 fully saturated rings. The number of rotatable bonds is 2. The van der Waals surface area contributed by atoms with E-state index in [0.29, 0.717) is 27.8 Å². The van der Waals surface area contributed by atoms with Crippen molar-refractivity contribution >= 4 is 33.3 Å². The largest absolute Gasteiger partial charge is 0.366 e. The van der Waals surface area contributed by atoms with Crippen LogP contribution in [0, 0.1) is 0 Å². The summed E-state index contributed by atoms with van der Waals surface area (Å²) in [6, 6.07) is 18.5. The lowest BCUT2D eigenvalue weighted by Crippen LogP contribution is -2.14. The van der Waals surface area contributed by atoms with Crippen molar-refractivity contribution in [3.63, 3.8) is 0 Å². The fourth-order valence-electron chi connectivity index (χ4n) is 3.63. The number of hydrogen-bond donors (Lipinski definition) is 1. The maximum Gasteiger partial charge on any atom is 0.249 e. The van der Waals surface area contributed by atoms with Crippen LogP contribution >= 0.6 is 11.5 Å². The topological polar surface area (TPSA) is 73.1 Å². The van der Waals surface area contributed by atoms with Gasteiger partial charge in [-0.1, -0.05) is 48.5 Å². The third-order valence-electron chi connectivity index (χ3n) is 4.78. The number of nitrogens with two attached hydrogens (primary N) is 1. The van der Waals surface area contributed by atoms with Crippen molar-refractivity contribution in [1.82, 2.24) is 4.37 Å². The highest BCUT2D eigenvalue weighted by atomic mass is 32.1. The van der Waals surface area contributed by atoms with Crippen LogP contribution in [0.1, 0.15) is 26.3 Å². The van der Waals surface area contributed by atoms with Crippen molar-refractivity contribution in [2.24, 2.45) is 5.73 Å². The lowest BCUT2D eigenvalue weighted by molar-refractivity contribution is 0.0998. The molecule has 1 heterocycles. The van der Waals surface area contributed by atoms with Gasteiger partial charge in [-0.15, -0.1) is 0 Å². The summed E-state index contributed by atoms with van der Waals surface area (Å²) in [6.45, 7) is 0. The van der Waals surface area contributed by atoms with E-state index in [1.54, 1.807) is 12.1 Å². The van der Waals surface area contributed by atoms with Crippen molar-refractivity contribution in [3.8, 4) is 22.4 Å². The summed E-state index contributed by atoms with van der Waals surface area (Å²) < 4.78 is 5.55. The van der Waals surface area contributed by atoms with Gasteiger partial charge in [0.15, 0.2) is 5.78 Å². The smallest absolute Gasteiger partial charge is 0.249 e. The van der Waals surface area contributed by atoms with Gasteiger partial charge in [0.2, 0.25) is 5.91 Å². The van der Waals surface area contributed by atoms with Gasteiger partial charge in [0, 0.05) is 27.6 Å². The minimum atomic E-state index is -0.514. The molecule has 0 atom stereocenters. The molecule has 0 bridgehead atoms. The summed E-state index contributed by atoms with van der Waals surface area (Å²) in [5.41, 5.74) is 10.3. The van der Waals surface area contributed by atoms with Crippen LogP contribution in [0.2, 0.25) is 0 Å². The lowest BCUT2D eigenvalue weighted by atomic mass is 9.82. The standard InChI is InChI=1S/C21H12N2O2S/c22-21(25)15-8-4-1-5-11(15)12-9-10-16-18-17(12)20(24)14-7-3-2-6-13(14)19(18)23-26-16/h1-10H,(H2,22,25). The zero-order chi connectivity index (χ0) is 17.8. The SMILES string of the molecule is NC(=O)c1ccccc1-c1ccc2snc3c2c1C(=O)c1ccccc1-3. The molecule has 124 valence electrons. The lowest BCUT2D eigenvalue weighted by Gasteiger charge is -2.19. The summed E-state index contributed by atoms with van der Waals surface area (Å²) in [5, 5.41) is 0.857. The van der Waals surface area contributed by atoms with Crippen LogP contribution in [-0.4, -0.2) is 16.1 Å². The molecule has 0 spiro atoms. The number of nitrogens with zero attached hydrogens (tertiary/aromatic N) is 1. The number of carbonyl (C=O) groups is 2. The third kappa shape index (κ3) is 1.92. The van der Waals surface area contributed by atoms with Crippen LogP contribution in [0.25, 0.3) is 32.5 Å². The zero-order valence-corrected chi connectivity index (χ0v) is 14.3. The Morgan fingerprint density at radius 3 is 2.31 bits per heavy atom. The molecular formula is C21H12N2O2S. The monoisotopic (exact) mass is 356 g/mol. The normalized spacial score (nSPS) is 12.2. The van der Waals surface area contributed by atoms with Crippen LogP contribution < -0.4 is 5.73 Å². The molecular weight excluding hydrogens is 344 g/mol. The van der Waals surface area contributed by atoms with Crippen LogP contribution in [0.4, 0.5) is 0 Å². The fourth-order valence-corrected chi connectivity index (χ4v) is 4.43. The van der Waals surface area contributed by atoms with E-state index in [-0.39, 0.29) is 5.78 Å².